The minimum atomic E-state index is 0.0411. The van der Waals surface area contributed by atoms with Crippen molar-refractivity contribution in [2.75, 3.05) is 13.1 Å². The largest absolute Gasteiger partial charge is 0.338 e. The number of aromatic nitrogens is 1. The standard InChI is InChI=1S/C16H20N2OS/c1-3-5-11-18(4-2)16(19)14-12-20-15(17-14)13-9-7-6-8-10-13/h6-10,12H,3-5,11H2,1-2H3. The van der Waals surface area contributed by atoms with Crippen LogP contribution in [0.5, 0.6) is 0 Å². The number of carbonyl (C=O) groups excluding carboxylic acids is 1. The summed E-state index contributed by atoms with van der Waals surface area (Å²) in [5.41, 5.74) is 1.62. The van der Waals surface area contributed by atoms with Crippen LogP contribution >= 0.6 is 11.3 Å². The Kier molecular flexibility index (Phi) is 5.30. The first kappa shape index (κ1) is 14.7. The topological polar surface area (TPSA) is 33.2 Å². The molecule has 0 N–H and O–H groups in total. The highest BCUT2D eigenvalue weighted by molar-refractivity contribution is 7.13. The van der Waals surface area contributed by atoms with Crippen molar-refractivity contribution in [3.63, 3.8) is 0 Å². The molecule has 0 aliphatic carbocycles. The number of thiazole rings is 1. The van der Waals surface area contributed by atoms with Gasteiger partial charge >= 0.3 is 0 Å². The number of hydrogen-bond acceptors (Lipinski definition) is 3. The molecule has 0 atom stereocenters. The molecule has 1 aromatic carbocycles. The number of nitrogens with zero attached hydrogens (tertiary/aromatic N) is 2. The normalized spacial score (nSPS) is 10.5. The van der Waals surface area contributed by atoms with Gasteiger partial charge in [0.2, 0.25) is 0 Å². The third-order valence-electron chi connectivity index (χ3n) is 3.19. The highest BCUT2D eigenvalue weighted by atomic mass is 32.1. The van der Waals surface area contributed by atoms with E-state index in [0.717, 1.165) is 36.5 Å². The Bertz CT molecular complexity index is 551. The third-order valence-corrected chi connectivity index (χ3v) is 4.09. The van der Waals surface area contributed by atoms with E-state index in [4.69, 9.17) is 0 Å². The zero-order chi connectivity index (χ0) is 14.4. The van der Waals surface area contributed by atoms with E-state index in [0.29, 0.717) is 5.69 Å². The number of rotatable bonds is 6. The Morgan fingerprint density at radius 1 is 1.25 bits per heavy atom. The fourth-order valence-corrected chi connectivity index (χ4v) is 2.80. The molecule has 1 amide bonds. The molecule has 0 bridgehead atoms. The van der Waals surface area contributed by atoms with Crippen molar-refractivity contribution in [1.29, 1.82) is 0 Å². The summed E-state index contributed by atoms with van der Waals surface area (Å²) in [5, 5.41) is 2.76. The van der Waals surface area contributed by atoms with Crippen molar-refractivity contribution in [3.8, 4) is 10.6 Å². The first-order valence-electron chi connectivity index (χ1n) is 7.06. The van der Waals surface area contributed by atoms with E-state index < -0.39 is 0 Å². The molecule has 0 aliphatic rings. The molecule has 4 heteroatoms. The number of benzene rings is 1. The quantitative estimate of drug-likeness (QED) is 0.802. The minimum absolute atomic E-state index is 0.0411. The van der Waals surface area contributed by atoms with Gasteiger partial charge in [-0.15, -0.1) is 11.3 Å². The van der Waals surface area contributed by atoms with E-state index in [1.807, 2.05) is 47.5 Å². The Morgan fingerprint density at radius 3 is 2.65 bits per heavy atom. The molecular weight excluding hydrogens is 268 g/mol. The molecule has 0 unspecified atom stereocenters. The van der Waals surface area contributed by atoms with Gasteiger partial charge in [0.1, 0.15) is 10.7 Å². The van der Waals surface area contributed by atoms with Gasteiger partial charge in [0.05, 0.1) is 0 Å². The molecule has 3 nitrogen and oxygen atoms in total. The molecule has 0 fully saturated rings. The highest BCUT2D eigenvalue weighted by Gasteiger charge is 2.17. The Labute approximate surface area is 124 Å². The predicted molar refractivity (Wildman–Crippen MR) is 84.0 cm³/mol. The van der Waals surface area contributed by atoms with Crippen molar-refractivity contribution in [2.45, 2.75) is 26.7 Å². The van der Waals surface area contributed by atoms with Crippen LogP contribution in [0.15, 0.2) is 35.7 Å². The number of carbonyl (C=O) groups is 1. The molecule has 2 rings (SSSR count). The number of amides is 1. The molecule has 0 saturated heterocycles. The van der Waals surface area contributed by atoms with Crippen LogP contribution in [0.4, 0.5) is 0 Å². The second-order valence-electron chi connectivity index (χ2n) is 4.64. The van der Waals surface area contributed by atoms with E-state index in [1.165, 1.54) is 11.3 Å². The van der Waals surface area contributed by atoms with Gasteiger partial charge in [-0.3, -0.25) is 4.79 Å². The molecule has 1 aromatic heterocycles. The van der Waals surface area contributed by atoms with Crippen LogP contribution in [0.1, 0.15) is 37.2 Å². The van der Waals surface area contributed by atoms with Crippen molar-refractivity contribution in [3.05, 3.63) is 41.4 Å². The average Bonchev–Trinajstić information content (AvgIpc) is 2.98. The van der Waals surface area contributed by atoms with Gasteiger partial charge in [-0.2, -0.15) is 0 Å². The summed E-state index contributed by atoms with van der Waals surface area (Å²) in [6, 6.07) is 9.98. The van der Waals surface area contributed by atoms with Gasteiger partial charge in [0, 0.05) is 24.0 Å². The lowest BCUT2D eigenvalue weighted by atomic mass is 10.2. The molecule has 0 aliphatic heterocycles. The predicted octanol–water partition coefficient (Wildman–Crippen LogP) is 4.07. The molecule has 106 valence electrons. The summed E-state index contributed by atoms with van der Waals surface area (Å²) in [4.78, 5) is 18.7. The van der Waals surface area contributed by atoms with Gasteiger partial charge in [-0.1, -0.05) is 43.7 Å². The maximum Gasteiger partial charge on any atom is 0.273 e. The van der Waals surface area contributed by atoms with Crippen molar-refractivity contribution in [2.24, 2.45) is 0 Å². The maximum absolute atomic E-state index is 12.4. The minimum Gasteiger partial charge on any atom is -0.338 e. The summed E-state index contributed by atoms with van der Waals surface area (Å²) in [6.07, 6.45) is 2.13. The smallest absolute Gasteiger partial charge is 0.273 e. The van der Waals surface area contributed by atoms with Crippen LogP contribution in [0.2, 0.25) is 0 Å². The van der Waals surface area contributed by atoms with Crippen LogP contribution in [-0.4, -0.2) is 28.9 Å². The van der Waals surface area contributed by atoms with E-state index >= 15 is 0 Å². The SMILES string of the molecule is CCCCN(CC)C(=O)c1csc(-c2ccccc2)n1. The molecule has 0 radical (unpaired) electrons. The Balaban J connectivity index is 2.13. The molecule has 0 spiro atoms. The zero-order valence-corrected chi connectivity index (χ0v) is 12.8. The lowest BCUT2D eigenvalue weighted by molar-refractivity contribution is 0.0757. The van der Waals surface area contributed by atoms with E-state index in [9.17, 15) is 4.79 Å². The van der Waals surface area contributed by atoms with E-state index in [1.54, 1.807) is 0 Å². The lowest BCUT2D eigenvalue weighted by Crippen LogP contribution is -2.31. The summed E-state index contributed by atoms with van der Waals surface area (Å²) in [6.45, 7) is 5.69. The monoisotopic (exact) mass is 288 g/mol. The zero-order valence-electron chi connectivity index (χ0n) is 12.0. The van der Waals surface area contributed by atoms with Crippen LogP contribution in [0.3, 0.4) is 0 Å². The lowest BCUT2D eigenvalue weighted by Gasteiger charge is -2.19. The van der Waals surface area contributed by atoms with E-state index in [-0.39, 0.29) is 5.91 Å². The maximum atomic E-state index is 12.4. The molecule has 2 aromatic rings. The van der Waals surface area contributed by atoms with Crippen LogP contribution < -0.4 is 0 Å². The van der Waals surface area contributed by atoms with Crippen LogP contribution in [0.25, 0.3) is 10.6 Å². The first-order chi connectivity index (χ1) is 9.76. The number of unbranched alkanes of at least 4 members (excludes halogenated alkanes) is 1. The van der Waals surface area contributed by atoms with Crippen molar-refractivity contribution < 1.29 is 4.79 Å². The molecule has 20 heavy (non-hydrogen) atoms. The Hall–Kier alpha value is -1.68. The Morgan fingerprint density at radius 2 is 2.00 bits per heavy atom. The molecule has 0 saturated carbocycles. The fraction of sp³-hybridized carbons (Fsp3) is 0.375. The second-order valence-corrected chi connectivity index (χ2v) is 5.50. The van der Waals surface area contributed by atoms with Crippen LogP contribution in [0, 0.1) is 0 Å². The van der Waals surface area contributed by atoms with E-state index in [2.05, 4.69) is 11.9 Å². The first-order valence-corrected chi connectivity index (χ1v) is 7.94. The van der Waals surface area contributed by atoms with Gasteiger partial charge in [0.15, 0.2) is 0 Å². The highest BCUT2D eigenvalue weighted by Crippen LogP contribution is 2.23. The van der Waals surface area contributed by atoms with Crippen LogP contribution in [-0.2, 0) is 0 Å². The van der Waals surface area contributed by atoms with Gasteiger partial charge in [-0.25, -0.2) is 4.98 Å². The average molecular weight is 288 g/mol. The molecule has 1 heterocycles. The summed E-state index contributed by atoms with van der Waals surface area (Å²) >= 11 is 1.52. The van der Waals surface area contributed by atoms with Gasteiger partial charge in [0.25, 0.3) is 5.91 Å². The summed E-state index contributed by atoms with van der Waals surface area (Å²) in [5.74, 6) is 0.0411. The summed E-state index contributed by atoms with van der Waals surface area (Å²) in [7, 11) is 0. The van der Waals surface area contributed by atoms with Gasteiger partial charge in [-0.05, 0) is 13.3 Å². The second kappa shape index (κ2) is 7.20. The number of hydrogen-bond donors (Lipinski definition) is 0. The third kappa shape index (κ3) is 3.45. The van der Waals surface area contributed by atoms with Crippen molar-refractivity contribution >= 4 is 17.2 Å². The van der Waals surface area contributed by atoms with Crippen molar-refractivity contribution in [1.82, 2.24) is 9.88 Å². The fourth-order valence-electron chi connectivity index (χ4n) is 2.00. The summed E-state index contributed by atoms with van der Waals surface area (Å²) < 4.78 is 0. The van der Waals surface area contributed by atoms with Gasteiger partial charge < -0.3 is 4.90 Å². The molecular formula is C16H20N2OS.